The molecule has 0 amide bonds. The number of rotatable bonds is 5. The quantitative estimate of drug-likeness (QED) is 0.767. The number of hydrogen-bond donors (Lipinski definition) is 1. The summed E-state index contributed by atoms with van der Waals surface area (Å²) in [6, 6.07) is 0. The van der Waals surface area contributed by atoms with Gasteiger partial charge < -0.3 is 14.9 Å². The monoisotopic (exact) mass is 255 g/mol. The summed E-state index contributed by atoms with van der Waals surface area (Å²) >= 11 is 0. The second-order valence-corrected chi connectivity index (χ2v) is 6.20. The van der Waals surface area contributed by atoms with Crippen LogP contribution in [-0.4, -0.2) is 85.8 Å². The first-order valence-corrected chi connectivity index (χ1v) is 7.42. The highest BCUT2D eigenvalue weighted by molar-refractivity contribution is 4.81. The maximum atomic E-state index is 9.87. The predicted octanol–water partition coefficient (Wildman–Crippen LogP) is 0.327. The van der Waals surface area contributed by atoms with Crippen LogP contribution in [0.5, 0.6) is 0 Å². The summed E-state index contributed by atoms with van der Waals surface area (Å²) in [5.41, 5.74) is 0. The van der Waals surface area contributed by atoms with Crippen LogP contribution >= 0.6 is 0 Å². The summed E-state index contributed by atoms with van der Waals surface area (Å²) in [5.74, 6) is 0.540. The molecule has 0 spiro atoms. The maximum Gasteiger partial charge on any atom is 0.0580 e. The Morgan fingerprint density at radius 3 is 2.28 bits per heavy atom. The van der Waals surface area contributed by atoms with E-state index < -0.39 is 0 Å². The first kappa shape index (κ1) is 14.3. The van der Waals surface area contributed by atoms with E-state index in [9.17, 15) is 5.11 Å². The lowest BCUT2D eigenvalue weighted by atomic mass is 10.1. The molecule has 0 radical (unpaired) electrons. The summed E-state index contributed by atoms with van der Waals surface area (Å²) in [6.45, 7) is 8.19. The van der Waals surface area contributed by atoms with Crippen molar-refractivity contribution in [3.8, 4) is 0 Å². The molecule has 1 aliphatic carbocycles. The highest BCUT2D eigenvalue weighted by Gasteiger charge is 2.28. The van der Waals surface area contributed by atoms with E-state index >= 15 is 0 Å². The lowest BCUT2D eigenvalue weighted by molar-refractivity contribution is 0.0721. The molecule has 2 atom stereocenters. The van der Waals surface area contributed by atoms with Crippen molar-refractivity contribution in [2.45, 2.75) is 25.4 Å². The molecule has 2 unspecified atom stereocenters. The van der Waals surface area contributed by atoms with E-state index in [2.05, 4.69) is 28.8 Å². The average Bonchev–Trinajstić information content (AvgIpc) is 2.74. The Kier molecular flexibility index (Phi) is 5.42. The smallest absolute Gasteiger partial charge is 0.0580 e. The van der Waals surface area contributed by atoms with Gasteiger partial charge in [0.05, 0.1) is 6.10 Å². The van der Waals surface area contributed by atoms with Crippen LogP contribution in [0.25, 0.3) is 0 Å². The van der Waals surface area contributed by atoms with Crippen molar-refractivity contribution < 1.29 is 5.11 Å². The van der Waals surface area contributed by atoms with Gasteiger partial charge in [-0.25, -0.2) is 0 Å². The van der Waals surface area contributed by atoms with Gasteiger partial charge in [0.15, 0.2) is 0 Å². The third-order valence-electron chi connectivity index (χ3n) is 4.44. The van der Waals surface area contributed by atoms with Crippen LogP contribution in [0, 0.1) is 5.92 Å². The van der Waals surface area contributed by atoms with Crippen molar-refractivity contribution in [1.82, 2.24) is 14.7 Å². The summed E-state index contributed by atoms with van der Waals surface area (Å²) < 4.78 is 0. The van der Waals surface area contributed by atoms with Crippen molar-refractivity contribution in [2.24, 2.45) is 5.92 Å². The summed E-state index contributed by atoms with van der Waals surface area (Å²) in [7, 11) is 4.27. The minimum absolute atomic E-state index is 0.0308. The largest absolute Gasteiger partial charge is 0.393 e. The Hall–Kier alpha value is -0.160. The van der Waals surface area contributed by atoms with Gasteiger partial charge in [-0.3, -0.25) is 4.90 Å². The Balaban J connectivity index is 1.64. The first-order valence-electron chi connectivity index (χ1n) is 7.42. The zero-order chi connectivity index (χ0) is 13.0. The van der Waals surface area contributed by atoms with E-state index in [1.165, 1.54) is 45.6 Å². The molecule has 1 aliphatic heterocycles. The van der Waals surface area contributed by atoms with Crippen molar-refractivity contribution in [3.63, 3.8) is 0 Å². The van der Waals surface area contributed by atoms with Crippen LogP contribution in [0.4, 0.5) is 0 Å². The van der Waals surface area contributed by atoms with Gasteiger partial charge in [-0.05, 0) is 32.9 Å². The van der Waals surface area contributed by atoms with E-state index in [1.807, 2.05) is 0 Å². The second kappa shape index (κ2) is 6.85. The number of hydrogen-bond acceptors (Lipinski definition) is 4. The van der Waals surface area contributed by atoms with E-state index in [0.717, 1.165) is 19.5 Å². The third-order valence-corrected chi connectivity index (χ3v) is 4.44. The zero-order valence-electron chi connectivity index (χ0n) is 12.0. The van der Waals surface area contributed by atoms with E-state index in [-0.39, 0.29) is 6.10 Å². The normalized spacial score (nSPS) is 31.3. The van der Waals surface area contributed by atoms with Gasteiger partial charge in [0.1, 0.15) is 0 Å². The van der Waals surface area contributed by atoms with Gasteiger partial charge in [-0.1, -0.05) is 6.42 Å². The molecular formula is C14H29N3O. The molecule has 4 heteroatoms. The van der Waals surface area contributed by atoms with Crippen molar-refractivity contribution in [2.75, 3.05) is 59.9 Å². The van der Waals surface area contributed by atoms with Gasteiger partial charge in [0.2, 0.25) is 0 Å². The van der Waals surface area contributed by atoms with Gasteiger partial charge in [0.25, 0.3) is 0 Å². The minimum atomic E-state index is -0.0308. The number of likely N-dealkylation sites (N-methyl/N-ethyl adjacent to an activating group) is 1. The molecular weight excluding hydrogens is 226 g/mol. The molecule has 0 aromatic rings. The lowest BCUT2D eigenvalue weighted by Gasteiger charge is -2.36. The summed E-state index contributed by atoms with van der Waals surface area (Å²) in [5, 5.41) is 9.87. The Morgan fingerprint density at radius 2 is 1.72 bits per heavy atom. The molecule has 0 bridgehead atoms. The highest BCUT2D eigenvalue weighted by atomic mass is 16.3. The Bertz CT molecular complexity index is 239. The fraction of sp³-hybridized carbons (Fsp3) is 1.00. The zero-order valence-corrected chi connectivity index (χ0v) is 12.0. The van der Waals surface area contributed by atoms with E-state index in [4.69, 9.17) is 0 Å². The van der Waals surface area contributed by atoms with Gasteiger partial charge in [0, 0.05) is 45.8 Å². The average molecular weight is 255 g/mol. The van der Waals surface area contributed by atoms with Crippen LogP contribution < -0.4 is 0 Å². The molecule has 18 heavy (non-hydrogen) atoms. The summed E-state index contributed by atoms with van der Waals surface area (Å²) in [4.78, 5) is 7.36. The van der Waals surface area contributed by atoms with E-state index in [0.29, 0.717) is 5.92 Å². The molecule has 1 saturated carbocycles. The van der Waals surface area contributed by atoms with Crippen LogP contribution in [0.1, 0.15) is 19.3 Å². The third kappa shape index (κ3) is 4.19. The Morgan fingerprint density at radius 1 is 1.06 bits per heavy atom. The molecule has 2 fully saturated rings. The minimum Gasteiger partial charge on any atom is -0.393 e. The molecule has 106 valence electrons. The standard InChI is InChI=1S/C14H29N3O/c1-15(2)6-7-16-8-10-17(11-9-16)12-13-4-3-5-14(13)18/h13-14,18H,3-12H2,1-2H3. The Labute approximate surface area is 112 Å². The fourth-order valence-corrected chi connectivity index (χ4v) is 3.10. The molecule has 2 rings (SSSR count). The van der Waals surface area contributed by atoms with Gasteiger partial charge >= 0.3 is 0 Å². The molecule has 0 aromatic heterocycles. The SMILES string of the molecule is CN(C)CCN1CCN(CC2CCCC2O)CC1. The highest BCUT2D eigenvalue weighted by Crippen LogP contribution is 2.26. The number of nitrogens with zero attached hydrogens (tertiary/aromatic N) is 3. The van der Waals surface area contributed by atoms with E-state index in [1.54, 1.807) is 0 Å². The van der Waals surface area contributed by atoms with Crippen LogP contribution in [0.3, 0.4) is 0 Å². The number of aliphatic hydroxyl groups excluding tert-OH is 1. The topological polar surface area (TPSA) is 30.0 Å². The van der Waals surface area contributed by atoms with Crippen molar-refractivity contribution >= 4 is 0 Å². The second-order valence-electron chi connectivity index (χ2n) is 6.20. The van der Waals surface area contributed by atoms with Crippen molar-refractivity contribution in [3.05, 3.63) is 0 Å². The van der Waals surface area contributed by atoms with Crippen LogP contribution in [0.2, 0.25) is 0 Å². The number of piperazine rings is 1. The van der Waals surface area contributed by atoms with Gasteiger partial charge in [-0.2, -0.15) is 0 Å². The first-order chi connectivity index (χ1) is 8.65. The molecule has 4 nitrogen and oxygen atoms in total. The fourth-order valence-electron chi connectivity index (χ4n) is 3.10. The van der Waals surface area contributed by atoms with Gasteiger partial charge in [-0.15, -0.1) is 0 Å². The van der Waals surface area contributed by atoms with Crippen LogP contribution in [-0.2, 0) is 0 Å². The molecule has 0 aromatic carbocycles. The molecule has 1 N–H and O–H groups in total. The summed E-state index contributed by atoms with van der Waals surface area (Å²) in [6.07, 6.45) is 3.43. The lowest BCUT2D eigenvalue weighted by Crippen LogP contribution is -2.49. The molecule has 1 saturated heterocycles. The molecule has 2 aliphatic rings. The van der Waals surface area contributed by atoms with Crippen molar-refractivity contribution in [1.29, 1.82) is 0 Å². The number of aliphatic hydroxyl groups is 1. The molecule has 1 heterocycles. The van der Waals surface area contributed by atoms with Crippen LogP contribution in [0.15, 0.2) is 0 Å². The predicted molar refractivity (Wildman–Crippen MR) is 74.8 cm³/mol. The maximum absolute atomic E-state index is 9.87.